The molecule has 0 aliphatic heterocycles. The molecule has 3 rings (SSSR count). The maximum atomic E-state index is 14.0. The van der Waals surface area contributed by atoms with E-state index in [0.717, 1.165) is 0 Å². The van der Waals surface area contributed by atoms with Gasteiger partial charge < -0.3 is 15.2 Å². The Morgan fingerprint density at radius 1 is 1.26 bits per heavy atom. The van der Waals surface area contributed by atoms with Gasteiger partial charge in [0.25, 0.3) is 0 Å². The molecule has 2 N–H and O–H groups in total. The lowest BCUT2D eigenvalue weighted by atomic mass is 10.1. The van der Waals surface area contributed by atoms with E-state index < -0.39 is 5.82 Å². The van der Waals surface area contributed by atoms with Crippen molar-refractivity contribution in [3.8, 4) is 5.75 Å². The fraction of sp³-hybridized carbons (Fsp3) is 0.125. The molecule has 1 aromatic heterocycles. The van der Waals surface area contributed by atoms with Gasteiger partial charge in [-0.05, 0) is 30.3 Å². The minimum atomic E-state index is -0.398. The van der Waals surface area contributed by atoms with Crippen LogP contribution in [0.4, 0.5) is 15.9 Å². The highest BCUT2D eigenvalue weighted by atomic mass is 79.9. The number of hydrogen-bond donors (Lipinski definition) is 2. The predicted molar refractivity (Wildman–Crippen MR) is 89.4 cm³/mol. The van der Waals surface area contributed by atoms with Crippen LogP contribution in [0, 0.1) is 5.82 Å². The number of halogens is 2. The average molecular weight is 378 g/mol. The van der Waals surface area contributed by atoms with Crippen molar-refractivity contribution in [3.63, 3.8) is 0 Å². The number of nitrogens with zero attached hydrogens (tertiary/aromatic N) is 2. The molecule has 23 heavy (non-hydrogen) atoms. The minimum absolute atomic E-state index is 0.160. The molecule has 0 unspecified atom stereocenters. The summed E-state index contributed by atoms with van der Waals surface area (Å²) in [5.74, 6) is 0.582. The number of rotatable bonds is 4. The van der Waals surface area contributed by atoms with Crippen LogP contribution in [-0.4, -0.2) is 22.2 Å². The SMILES string of the molecule is COc1cc2c(Nc3ccc(Br)cc3F)ncnc2cc1CO. The summed E-state index contributed by atoms with van der Waals surface area (Å²) in [5, 5.41) is 13.0. The fourth-order valence-corrected chi connectivity index (χ4v) is 2.59. The first-order chi connectivity index (χ1) is 11.1. The van der Waals surface area contributed by atoms with Gasteiger partial charge in [-0.2, -0.15) is 0 Å². The van der Waals surface area contributed by atoms with Crippen molar-refractivity contribution >= 4 is 38.3 Å². The second-order valence-electron chi connectivity index (χ2n) is 4.81. The molecule has 0 amide bonds. The molecule has 0 aliphatic rings. The van der Waals surface area contributed by atoms with E-state index in [9.17, 15) is 9.50 Å². The monoisotopic (exact) mass is 377 g/mol. The van der Waals surface area contributed by atoms with Crippen LogP contribution in [0.3, 0.4) is 0 Å². The van der Waals surface area contributed by atoms with Crippen LogP contribution in [0.1, 0.15) is 5.56 Å². The summed E-state index contributed by atoms with van der Waals surface area (Å²) in [7, 11) is 1.52. The van der Waals surface area contributed by atoms with Crippen LogP contribution < -0.4 is 10.1 Å². The molecule has 0 aliphatic carbocycles. The number of benzene rings is 2. The van der Waals surface area contributed by atoms with Gasteiger partial charge in [0, 0.05) is 15.4 Å². The van der Waals surface area contributed by atoms with Crippen LogP contribution in [0.15, 0.2) is 41.1 Å². The molecule has 1 heterocycles. The highest BCUT2D eigenvalue weighted by Crippen LogP contribution is 2.31. The quantitative estimate of drug-likeness (QED) is 0.724. The average Bonchev–Trinajstić information content (AvgIpc) is 2.56. The fourth-order valence-electron chi connectivity index (χ4n) is 2.26. The first-order valence-electron chi connectivity index (χ1n) is 6.77. The third kappa shape index (κ3) is 3.11. The number of methoxy groups -OCH3 is 1. The number of nitrogens with one attached hydrogen (secondary N) is 1. The number of aromatic nitrogens is 2. The molecule has 0 saturated heterocycles. The summed E-state index contributed by atoms with van der Waals surface area (Å²) in [4.78, 5) is 8.36. The molecule has 0 radical (unpaired) electrons. The Morgan fingerprint density at radius 2 is 2.09 bits per heavy atom. The Bertz CT molecular complexity index is 873. The molecular weight excluding hydrogens is 365 g/mol. The van der Waals surface area contributed by atoms with Gasteiger partial charge in [-0.15, -0.1) is 0 Å². The van der Waals surface area contributed by atoms with E-state index in [4.69, 9.17) is 4.74 Å². The normalized spacial score (nSPS) is 10.8. The number of aliphatic hydroxyl groups excluding tert-OH is 1. The van der Waals surface area contributed by atoms with Crippen LogP contribution in [0.2, 0.25) is 0 Å². The topological polar surface area (TPSA) is 67.3 Å². The molecule has 0 spiro atoms. The maximum Gasteiger partial charge on any atom is 0.147 e. The van der Waals surface area contributed by atoms with Crippen LogP contribution in [0.25, 0.3) is 10.9 Å². The molecule has 7 heteroatoms. The van der Waals surface area contributed by atoms with E-state index in [-0.39, 0.29) is 6.61 Å². The molecule has 0 saturated carbocycles. The van der Waals surface area contributed by atoms with Crippen molar-refractivity contribution in [2.75, 3.05) is 12.4 Å². The minimum Gasteiger partial charge on any atom is -0.496 e. The zero-order chi connectivity index (χ0) is 16.4. The van der Waals surface area contributed by atoms with E-state index in [0.29, 0.717) is 38.2 Å². The Balaban J connectivity index is 2.10. The third-order valence-electron chi connectivity index (χ3n) is 3.39. The van der Waals surface area contributed by atoms with Gasteiger partial charge in [-0.3, -0.25) is 0 Å². The standard InChI is InChI=1S/C16H13BrFN3O2/c1-23-15-6-11-14(4-9(15)7-22)19-8-20-16(11)21-13-3-2-10(17)5-12(13)18/h2-6,8,22H,7H2,1H3,(H,19,20,21). The second kappa shape index (κ2) is 6.47. The van der Waals surface area contributed by atoms with Gasteiger partial charge in [-0.25, -0.2) is 14.4 Å². The van der Waals surface area contributed by atoms with Crippen molar-refractivity contribution in [3.05, 3.63) is 52.5 Å². The van der Waals surface area contributed by atoms with Gasteiger partial charge in [0.2, 0.25) is 0 Å². The molecule has 0 fully saturated rings. The number of hydrogen-bond acceptors (Lipinski definition) is 5. The van der Waals surface area contributed by atoms with E-state index in [1.54, 1.807) is 24.3 Å². The molecule has 5 nitrogen and oxygen atoms in total. The zero-order valence-electron chi connectivity index (χ0n) is 12.2. The van der Waals surface area contributed by atoms with Gasteiger partial charge in [0.15, 0.2) is 0 Å². The van der Waals surface area contributed by atoms with E-state index in [2.05, 4.69) is 31.2 Å². The third-order valence-corrected chi connectivity index (χ3v) is 3.89. The summed E-state index contributed by atoms with van der Waals surface area (Å²) in [6.45, 7) is -0.160. The van der Waals surface area contributed by atoms with Crippen molar-refractivity contribution < 1.29 is 14.2 Å². The highest BCUT2D eigenvalue weighted by molar-refractivity contribution is 9.10. The lowest BCUT2D eigenvalue weighted by molar-refractivity contribution is 0.274. The summed E-state index contributed by atoms with van der Waals surface area (Å²) < 4.78 is 19.9. The number of aliphatic hydroxyl groups is 1. The largest absolute Gasteiger partial charge is 0.496 e. The van der Waals surface area contributed by atoms with Gasteiger partial charge in [0.1, 0.15) is 23.7 Å². The lowest BCUT2D eigenvalue weighted by Crippen LogP contribution is -2.00. The van der Waals surface area contributed by atoms with E-state index >= 15 is 0 Å². The van der Waals surface area contributed by atoms with Gasteiger partial charge in [-0.1, -0.05) is 15.9 Å². The maximum absolute atomic E-state index is 14.0. The summed E-state index contributed by atoms with van der Waals surface area (Å²) >= 11 is 3.22. The van der Waals surface area contributed by atoms with Crippen molar-refractivity contribution in [1.29, 1.82) is 0 Å². The number of ether oxygens (including phenoxy) is 1. The number of fused-ring (bicyclic) bond motifs is 1. The highest BCUT2D eigenvalue weighted by Gasteiger charge is 2.11. The van der Waals surface area contributed by atoms with E-state index in [1.165, 1.54) is 19.5 Å². The Labute approximate surface area is 140 Å². The summed E-state index contributed by atoms with van der Waals surface area (Å²) in [6.07, 6.45) is 1.38. The van der Waals surface area contributed by atoms with Crippen molar-refractivity contribution in [2.24, 2.45) is 0 Å². The summed E-state index contributed by atoms with van der Waals surface area (Å²) in [5.41, 5.74) is 1.56. The molecule has 2 aromatic carbocycles. The summed E-state index contributed by atoms with van der Waals surface area (Å²) in [6, 6.07) is 8.17. The first kappa shape index (κ1) is 15.6. The molecule has 0 bridgehead atoms. The van der Waals surface area contributed by atoms with E-state index in [1.807, 2.05) is 0 Å². The van der Waals surface area contributed by atoms with Crippen molar-refractivity contribution in [2.45, 2.75) is 6.61 Å². The smallest absolute Gasteiger partial charge is 0.147 e. The Hall–Kier alpha value is -2.25. The Morgan fingerprint density at radius 3 is 2.78 bits per heavy atom. The first-order valence-corrected chi connectivity index (χ1v) is 7.56. The molecule has 3 aromatic rings. The van der Waals surface area contributed by atoms with Crippen molar-refractivity contribution in [1.82, 2.24) is 9.97 Å². The van der Waals surface area contributed by atoms with Crippen LogP contribution in [0.5, 0.6) is 5.75 Å². The Kier molecular flexibility index (Phi) is 4.40. The van der Waals surface area contributed by atoms with Gasteiger partial charge >= 0.3 is 0 Å². The second-order valence-corrected chi connectivity index (χ2v) is 5.73. The molecule has 118 valence electrons. The van der Waals surface area contributed by atoms with Crippen LogP contribution in [-0.2, 0) is 6.61 Å². The lowest BCUT2D eigenvalue weighted by Gasteiger charge is -2.12. The molecule has 0 atom stereocenters. The van der Waals surface area contributed by atoms with Crippen LogP contribution >= 0.6 is 15.9 Å². The predicted octanol–water partition coefficient (Wildman–Crippen LogP) is 3.78. The zero-order valence-corrected chi connectivity index (χ0v) is 13.8. The molecular formula is C16H13BrFN3O2. The van der Waals surface area contributed by atoms with Gasteiger partial charge in [0.05, 0.1) is 24.9 Å². The number of anilines is 2.